The van der Waals surface area contributed by atoms with Crippen LogP contribution in [0.1, 0.15) is 31.2 Å². The molecule has 142 valence electrons. The van der Waals surface area contributed by atoms with Gasteiger partial charge in [-0.05, 0) is 30.5 Å². The van der Waals surface area contributed by atoms with Crippen molar-refractivity contribution in [2.75, 3.05) is 0 Å². The third-order valence-electron chi connectivity index (χ3n) is 3.81. The van der Waals surface area contributed by atoms with Crippen LogP contribution >= 0.6 is 11.3 Å². The molecule has 10 heteroatoms. The first-order valence-electron chi connectivity index (χ1n) is 8.47. The second-order valence-electron chi connectivity index (χ2n) is 5.85. The summed E-state index contributed by atoms with van der Waals surface area (Å²) in [5.41, 5.74) is 1.60. The van der Waals surface area contributed by atoms with E-state index in [0.29, 0.717) is 23.1 Å². The normalized spacial score (nSPS) is 12.0. The van der Waals surface area contributed by atoms with Crippen molar-refractivity contribution in [2.24, 2.45) is 0 Å². The van der Waals surface area contributed by atoms with Crippen LogP contribution < -0.4 is 0 Å². The molecule has 9 nitrogen and oxygen atoms in total. The Morgan fingerprint density at radius 1 is 1.18 bits per heavy atom. The second kappa shape index (κ2) is 8.09. The van der Waals surface area contributed by atoms with E-state index >= 15 is 0 Å². The number of aryl methyl sites for hydroxylation is 1. The van der Waals surface area contributed by atoms with Gasteiger partial charge in [0.25, 0.3) is 5.89 Å². The molecule has 0 spiro atoms. The highest BCUT2D eigenvalue weighted by Crippen LogP contribution is 2.21. The summed E-state index contributed by atoms with van der Waals surface area (Å²) < 4.78 is 15.7. The van der Waals surface area contributed by atoms with Crippen molar-refractivity contribution in [3.05, 3.63) is 53.1 Å². The van der Waals surface area contributed by atoms with Gasteiger partial charge in [0.2, 0.25) is 17.5 Å². The van der Waals surface area contributed by atoms with Crippen molar-refractivity contribution < 1.29 is 18.6 Å². The second-order valence-corrected chi connectivity index (χ2v) is 6.63. The van der Waals surface area contributed by atoms with Crippen molar-refractivity contribution in [3.8, 4) is 22.8 Å². The highest BCUT2D eigenvalue weighted by Gasteiger charge is 2.20. The number of aromatic nitrogens is 5. The van der Waals surface area contributed by atoms with Crippen LogP contribution in [-0.2, 0) is 16.0 Å². The number of thiophene rings is 1. The van der Waals surface area contributed by atoms with Crippen LogP contribution in [-0.4, -0.2) is 31.2 Å². The lowest BCUT2D eigenvalue weighted by Crippen LogP contribution is -2.10. The van der Waals surface area contributed by atoms with Gasteiger partial charge < -0.3 is 13.8 Å². The van der Waals surface area contributed by atoms with Gasteiger partial charge in [-0.25, -0.2) is 0 Å². The molecule has 0 aromatic carbocycles. The van der Waals surface area contributed by atoms with Crippen LogP contribution in [0.15, 0.2) is 50.4 Å². The maximum atomic E-state index is 12.1. The zero-order valence-electron chi connectivity index (χ0n) is 14.8. The van der Waals surface area contributed by atoms with Gasteiger partial charge in [-0.3, -0.25) is 9.78 Å². The van der Waals surface area contributed by atoms with Crippen LogP contribution in [0, 0.1) is 0 Å². The van der Waals surface area contributed by atoms with Gasteiger partial charge in [-0.1, -0.05) is 10.3 Å². The minimum Gasteiger partial charge on any atom is -0.453 e. The molecule has 0 aliphatic carbocycles. The number of rotatable bonds is 7. The smallest absolute Gasteiger partial charge is 0.307 e. The Labute approximate surface area is 163 Å². The Morgan fingerprint density at radius 3 is 2.82 bits per heavy atom. The number of nitrogens with zero attached hydrogens (tertiary/aromatic N) is 5. The summed E-state index contributed by atoms with van der Waals surface area (Å²) in [6.07, 6.45) is 2.99. The van der Waals surface area contributed by atoms with E-state index < -0.39 is 12.1 Å². The Bertz CT molecular complexity index is 1050. The minimum atomic E-state index is -0.672. The zero-order valence-corrected chi connectivity index (χ0v) is 15.6. The molecule has 0 aliphatic rings. The Balaban J connectivity index is 1.31. The van der Waals surface area contributed by atoms with E-state index in [4.69, 9.17) is 13.8 Å². The van der Waals surface area contributed by atoms with E-state index in [-0.39, 0.29) is 18.7 Å². The van der Waals surface area contributed by atoms with Crippen molar-refractivity contribution in [1.82, 2.24) is 25.3 Å². The topological polar surface area (TPSA) is 117 Å². The van der Waals surface area contributed by atoms with Crippen molar-refractivity contribution in [2.45, 2.75) is 25.9 Å². The van der Waals surface area contributed by atoms with Crippen LogP contribution in [0.4, 0.5) is 0 Å². The van der Waals surface area contributed by atoms with Crippen molar-refractivity contribution >= 4 is 17.3 Å². The number of carbonyl (C=O) groups excluding carboxylic acids is 1. The van der Waals surface area contributed by atoms with E-state index in [1.54, 1.807) is 36.7 Å². The molecule has 0 N–H and O–H groups in total. The van der Waals surface area contributed by atoms with E-state index in [9.17, 15) is 4.79 Å². The summed E-state index contributed by atoms with van der Waals surface area (Å²) in [5.74, 6) is 1.06. The van der Waals surface area contributed by atoms with Crippen molar-refractivity contribution in [3.63, 3.8) is 0 Å². The van der Waals surface area contributed by atoms with Gasteiger partial charge >= 0.3 is 5.97 Å². The van der Waals surface area contributed by atoms with Gasteiger partial charge in [0.05, 0.1) is 6.42 Å². The summed E-state index contributed by atoms with van der Waals surface area (Å²) in [4.78, 5) is 24.6. The lowest BCUT2D eigenvalue weighted by atomic mass is 10.3. The zero-order chi connectivity index (χ0) is 19.3. The van der Waals surface area contributed by atoms with Crippen molar-refractivity contribution in [1.29, 1.82) is 0 Å². The maximum absolute atomic E-state index is 12.1. The van der Waals surface area contributed by atoms with E-state index in [2.05, 4.69) is 25.3 Å². The molecule has 4 aromatic heterocycles. The minimum absolute atomic E-state index is 0.0964. The molecule has 1 unspecified atom stereocenters. The SMILES string of the molecule is CC(OC(=O)CCc1nc(-c2ccsc2)no1)c1nc(-c2cccnc2)no1. The molecular weight excluding hydrogens is 382 g/mol. The fraction of sp³-hybridized carbons (Fsp3) is 0.222. The lowest BCUT2D eigenvalue weighted by molar-refractivity contribution is -0.149. The van der Waals surface area contributed by atoms with E-state index in [0.717, 1.165) is 5.56 Å². The summed E-state index contributed by atoms with van der Waals surface area (Å²) in [6.45, 7) is 1.67. The maximum Gasteiger partial charge on any atom is 0.307 e. The number of pyridine rings is 1. The van der Waals surface area contributed by atoms with Crippen LogP contribution in [0.3, 0.4) is 0 Å². The molecule has 28 heavy (non-hydrogen) atoms. The molecule has 0 aliphatic heterocycles. The number of carbonyl (C=O) groups is 1. The third-order valence-corrected chi connectivity index (χ3v) is 4.49. The van der Waals surface area contributed by atoms with Gasteiger partial charge in [-0.2, -0.15) is 21.3 Å². The van der Waals surface area contributed by atoms with E-state index in [1.165, 1.54) is 0 Å². The lowest BCUT2D eigenvalue weighted by Gasteiger charge is -2.08. The first-order chi connectivity index (χ1) is 13.7. The average molecular weight is 397 g/mol. The molecule has 0 fully saturated rings. The molecule has 4 aromatic rings. The molecule has 4 rings (SSSR count). The molecule has 0 bridgehead atoms. The number of hydrogen-bond donors (Lipinski definition) is 0. The number of esters is 1. The van der Waals surface area contributed by atoms with Gasteiger partial charge in [0, 0.05) is 35.3 Å². The standard InChI is InChI=1S/C18H15N5O4S/c1-11(18-21-16(23-27-18)12-3-2-7-19-9-12)25-15(24)5-4-14-20-17(22-26-14)13-6-8-28-10-13/h2-3,6-11H,4-5H2,1H3. The largest absolute Gasteiger partial charge is 0.453 e. The predicted octanol–water partition coefficient (Wildman–Crippen LogP) is 3.48. The van der Waals surface area contributed by atoms with Gasteiger partial charge in [0.15, 0.2) is 6.10 Å². The Hall–Kier alpha value is -3.40. The fourth-order valence-corrected chi connectivity index (χ4v) is 3.03. The summed E-state index contributed by atoms with van der Waals surface area (Å²) in [7, 11) is 0. The third kappa shape index (κ3) is 4.12. The highest BCUT2D eigenvalue weighted by molar-refractivity contribution is 7.08. The Morgan fingerprint density at radius 2 is 2.04 bits per heavy atom. The van der Waals surface area contributed by atoms with Gasteiger partial charge in [-0.15, -0.1) is 0 Å². The molecule has 0 saturated heterocycles. The molecule has 0 radical (unpaired) electrons. The first-order valence-corrected chi connectivity index (χ1v) is 9.42. The number of hydrogen-bond acceptors (Lipinski definition) is 10. The first kappa shape index (κ1) is 18.0. The van der Waals surface area contributed by atoms with Crippen LogP contribution in [0.2, 0.25) is 0 Å². The molecule has 1 atom stereocenters. The number of ether oxygens (including phenoxy) is 1. The van der Waals surface area contributed by atoms with Crippen LogP contribution in [0.25, 0.3) is 22.8 Å². The monoisotopic (exact) mass is 397 g/mol. The van der Waals surface area contributed by atoms with E-state index in [1.807, 2.05) is 22.9 Å². The highest BCUT2D eigenvalue weighted by atomic mass is 32.1. The summed E-state index contributed by atoms with van der Waals surface area (Å²) >= 11 is 1.55. The average Bonchev–Trinajstić information content (AvgIpc) is 3.48. The molecule has 4 heterocycles. The Kier molecular flexibility index (Phi) is 5.20. The van der Waals surface area contributed by atoms with Crippen LogP contribution in [0.5, 0.6) is 0 Å². The molecular formula is C18H15N5O4S. The predicted molar refractivity (Wildman–Crippen MR) is 98.0 cm³/mol. The fourth-order valence-electron chi connectivity index (χ4n) is 2.39. The molecule has 0 amide bonds. The summed E-state index contributed by atoms with van der Waals surface area (Å²) in [5, 5.41) is 11.6. The summed E-state index contributed by atoms with van der Waals surface area (Å²) in [6, 6.07) is 5.49. The molecule has 0 saturated carbocycles. The quantitative estimate of drug-likeness (QED) is 0.432. The van der Waals surface area contributed by atoms with Gasteiger partial charge in [0.1, 0.15) is 0 Å².